The van der Waals surface area contributed by atoms with Crippen molar-refractivity contribution in [2.75, 3.05) is 6.54 Å². The van der Waals surface area contributed by atoms with Crippen LogP contribution in [0.5, 0.6) is 0 Å². The smallest absolute Gasteiger partial charge is 0.326 e. The molecule has 27 heavy (non-hydrogen) atoms. The molecule has 0 saturated carbocycles. The summed E-state index contributed by atoms with van der Waals surface area (Å²) >= 11 is 0. The minimum Gasteiger partial charge on any atom is -0.451 e. The van der Waals surface area contributed by atoms with Crippen molar-refractivity contribution in [3.8, 4) is 11.5 Å². The average molecular weight is 369 g/mol. The number of hydrogen-bond acceptors (Lipinski definition) is 6. The van der Waals surface area contributed by atoms with Crippen LogP contribution in [0.3, 0.4) is 0 Å². The van der Waals surface area contributed by atoms with Gasteiger partial charge in [0.25, 0.3) is 11.8 Å². The first-order valence-electron chi connectivity index (χ1n) is 8.15. The van der Waals surface area contributed by atoms with Gasteiger partial charge in [-0.15, -0.1) is 10.2 Å². The predicted molar refractivity (Wildman–Crippen MR) is 93.0 cm³/mol. The monoisotopic (exact) mass is 369 g/mol. The van der Waals surface area contributed by atoms with E-state index in [2.05, 4.69) is 15.5 Å². The van der Waals surface area contributed by atoms with Crippen molar-refractivity contribution in [3.63, 3.8) is 0 Å². The summed E-state index contributed by atoms with van der Waals surface area (Å²) in [6.07, 6.45) is -0.784. The van der Waals surface area contributed by atoms with Gasteiger partial charge in [-0.1, -0.05) is 24.3 Å². The maximum atomic E-state index is 13.1. The Balaban J connectivity index is 1.53. The molecule has 1 aromatic heterocycles. The molecule has 0 aliphatic heterocycles. The summed E-state index contributed by atoms with van der Waals surface area (Å²) in [4.78, 5) is 23.8. The van der Waals surface area contributed by atoms with Crippen molar-refractivity contribution in [2.45, 2.75) is 13.0 Å². The predicted octanol–water partition coefficient (Wildman–Crippen LogP) is 2.91. The van der Waals surface area contributed by atoms with E-state index < -0.39 is 23.8 Å². The summed E-state index contributed by atoms with van der Waals surface area (Å²) in [5.74, 6) is -1.36. The molecule has 3 rings (SSSR count). The van der Waals surface area contributed by atoms with Crippen LogP contribution in [0.25, 0.3) is 11.5 Å². The molecule has 8 heteroatoms. The number of ether oxygens (including phenoxy) is 1. The maximum Gasteiger partial charge on any atom is 0.326 e. The number of carbonyl (C=O) groups is 2. The van der Waals surface area contributed by atoms with Gasteiger partial charge in [-0.05, 0) is 37.3 Å². The molecule has 0 bridgehead atoms. The number of benzene rings is 2. The molecule has 0 aliphatic carbocycles. The number of halogens is 1. The van der Waals surface area contributed by atoms with Gasteiger partial charge in [-0.25, -0.2) is 4.39 Å². The molecule has 0 spiro atoms. The molecule has 3 aromatic rings. The van der Waals surface area contributed by atoms with E-state index in [0.29, 0.717) is 5.89 Å². The summed E-state index contributed by atoms with van der Waals surface area (Å²) in [7, 11) is 0. The third-order valence-corrected chi connectivity index (χ3v) is 3.60. The molecule has 1 amide bonds. The fraction of sp³-hybridized carbons (Fsp3) is 0.158. The van der Waals surface area contributed by atoms with Crippen molar-refractivity contribution >= 4 is 11.9 Å². The minimum absolute atomic E-state index is 0.111. The minimum atomic E-state index is -0.784. The number of hydrogen-bond donors (Lipinski definition) is 1. The first-order chi connectivity index (χ1) is 13.0. The van der Waals surface area contributed by atoms with Gasteiger partial charge < -0.3 is 14.5 Å². The molecular weight excluding hydrogens is 353 g/mol. The lowest BCUT2D eigenvalue weighted by atomic mass is 10.2. The van der Waals surface area contributed by atoms with Crippen LogP contribution in [-0.4, -0.2) is 28.6 Å². The molecule has 0 unspecified atom stereocenters. The Kier molecular flexibility index (Phi) is 5.55. The molecule has 0 radical (unpaired) electrons. The van der Waals surface area contributed by atoms with Gasteiger partial charge in [-0.2, -0.15) is 0 Å². The number of amides is 1. The second-order valence-electron chi connectivity index (χ2n) is 5.64. The van der Waals surface area contributed by atoms with Gasteiger partial charge in [0.05, 0.1) is 0 Å². The summed E-state index contributed by atoms with van der Waals surface area (Å²) < 4.78 is 23.8. The van der Waals surface area contributed by atoms with E-state index in [1.165, 1.54) is 18.2 Å². The second-order valence-corrected chi connectivity index (χ2v) is 5.64. The van der Waals surface area contributed by atoms with Crippen LogP contribution in [0.15, 0.2) is 59.0 Å². The van der Waals surface area contributed by atoms with Gasteiger partial charge in [0.2, 0.25) is 5.89 Å². The molecule has 138 valence electrons. The second kappa shape index (κ2) is 8.22. The van der Waals surface area contributed by atoms with E-state index in [0.717, 1.165) is 11.6 Å². The number of aromatic nitrogens is 2. The van der Waals surface area contributed by atoms with Crippen LogP contribution < -0.4 is 5.32 Å². The average Bonchev–Trinajstić information content (AvgIpc) is 3.17. The first kappa shape index (κ1) is 18.2. The van der Waals surface area contributed by atoms with Gasteiger partial charge in [-0.3, -0.25) is 9.59 Å². The zero-order chi connectivity index (χ0) is 19.2. The lowest BCUT2D eigenvalue weighted by Gasteiger charge is -2.10. The summed E-state index contributed by atoms with van der Waals surface area (Å²) in [5, 5.41) is 10.2. The van der Waals surface area contributed by atoms with E-state index in [-0.39, 0.29) is 18.0 Å². The molecule has 1 heterocycles. The van der Waals surface area contributed by atoms with Gasteiger partial charge in [0, 0.05) is 11.1 Å². The van der Waals surface area contributed by atoms with Gasteiger partial charge in [0.1, 0.15) is 12.4 Å². The van der Waals surface area contributed by atoms with Crippen molar-refractivity contribution in [1.82, 2.24) is 15.5 Å². The van der Waals surface area contributed by atoms with Gasteiger partial charge in [0.15, 0.2) is 6.10 Å². The van der Waals surface area contributed by atoms with Crippen LogP contribution in [0.1, 0.15) is 29.3 Å². The Morgan fingerprint density at radius 2 is 1.93 bits per heavy atom. The van der Waals surface area contributed by atoms with Crippen LogP contribution >= 0.6 is 0 Å². The molecule has 1 N–H and O–H groups in total. The van der Waals surface area contributed by atoms with Crippen LogP contribution in [0.2, 0.25) is 0 Å². The van der Waals surface area contributed by atoms with E-state index in [1.54, 1.807) is 6.92 Å². The molecule has 0 fully saturated rings. The standard InChI is InChI=1S/C19H16FN3O4/c1-12(18-22-23-19(27-18)13-6-3-2-4-7-13)26-16(24)11-21-17(25)14-8-5-9-15(20)10-14/h2-10,12H,11H2,1H3,(H,21,25)/t12-/m0/s1. The number of nitrogens with one attached hydrogen (secondary N) is 1. The first-order valence-corrected chi connectivity index (χ1v) is 8.15. The third-order valence-electron chi connectivity index (χ3n) is 3.60. The molecular formula is C19H16FN3O4. The number of nitrogens with zero attached hydrogens (tertiary/aromatic N) is 2. The molecule has 1 atom stereocenters. The lowest BCUT2D eigenvalue weighted by Crippen LogP contribution is -2.31. The number of carbonyl (C=O) groups excluding carboxylic acids is 2. The highest BCUT2D eigenvalue weighted by Gasteiger charge is 2.19. The number of rotatable bonds is 6. The highest BCUT2D eigenvalue weighted by molar-refractivity contribution is 5.95. The highest BCUT2D eigenvalue weighted by atomic mass is 19.1. The van der Waals surface area contributed by atoms with Crippen molar-refractivity contribution in [3.05, 3.63) is 71.9 Å². The van der Waals surface area contributed by atoms with Crippen LogP contribution in [0, 0.1) is 5.82 Å². The Hall–Kier alpha value is -3.55. The third kappa shape index (κ3) is 4.75. The summed E-state index contributed by atoms with van der Waals surface area (Å²) in [6, 6.07) is 14.3. The van der Waals surface area contributed by atoms with E-state index in [9.17, 15) is 14.0 Å². The summed E-state index contributed by atoms with van der Waals surface area (Å²) in [5.41, 5.74) is 0.859. The highest BCUT2D eigenvalue weighted by Crippen LogP contribution is 2.21. The topological polar surface area (TPSA) is 94.3 Å². The Morgan fingerprint density at radius 1 is 1.15 bits per heavy atom. The number of esters is 1. The normalized spacial score (nSPS) is 11.6. The zero-order valence-electron chi connectivity index (χ0n) is 14.4. The van der Waals surface area contributed by atoms with E-state index >= 15 is 0 Å². The van der Waals surface area contributed by atoms with Crippen molar-refractivity contribution < 1.29 is 23.1 Å². The van der Waals surface area contributed by atoms with Crippen molar-refractivity contribution in [2.24, 2.45) is 0 Å². The fourth-order valence-electron chi connectivity index (χ4n) is 2.27. The van der Waals surface area contributed by atoms with Crippen LogP contribution in [0.4, 0.5) is 4.39 Å². The largest absolute Gasteiger partial charge is 0.451 e. The zero-order valence-corrected chi connectivity index (χ0v) is 14.4. The Morgan fingerprint density at radius 3 is 2.67 bits per heavy atom. The van der Waals surface area contributed by atoms with E-state index in [4.69, 9.17) is 9.15 Å². The van der Waals surface area contributed by atoms with Gasteiger partial charge >= 0.3 is 5.97 Å². The quantitative estimate of drug-likeness (QED) is 0.672. The van der Waals surface area contributed by atoms with Crippen LogP contribution in [-0.2, 0) is 9.53 Å². The Bertz CT molecular complexity index is 943. The van der Waals surface area contributed by atoms with E-state index in [1.807, 2.05) is 30.3 Å². The molecule has 2 aromatic carbocycles. The maximum absolute atomic E-state index is 13.1. The SMILES string of the molecule is C[C@H](OC(=O)CNC(=O)c1cccc(F)c1)c1nnc(-c2ccccc2)o1. The summed E-state index contributed by atoms with van der Waals surface area (Å²) in [6.45, 7) is 1.20. The molecule has 7 nitrogen and oxygen atoms in total. The fourth-order valence-corrected chi connectivity index (χ4v) is 2.27. The molecule has 0 saturated heterocycles. The lowest BCUT2D eigenvalue weighted by molar-refractivity contribution is -0.148. The van der Waals surface area contributed by atoms with Crippen molar-refractivity contribution in [1.29, 1.82) is 0 Å². The molecule has 0 aliphatic rings. The Labute approximate surface area is 154 Å².